The largest absolute Gasteiger partial charge is 0.274 e. The first-order valence-electron chi connectivity index (χ1n) is 9.72. The van der Waals surface area contributed by atoms with Gasteiger partial charge in [-0.05, 0) is 86.2 Å². The summed E-state index contributed by atoms with van der Waals surface area (Å²) in [6, 6.07) is 12.5. The molecular weight excluding hydrogens is 515 g/mol. The fourth-order valence-corrected chi connectivity index (χ4v) is 5.90. The summed E-state index contributed by atoms with van der Waals surface area (Å²) in [4.78, 5) is 27.3. The maximum Gasteiger partial charge on any atom is 0.252 e. The van der Waals surface area contributed by atoms with Crippen LogP contribution in [0.2, 0.25) is 0 Å². The van der Waals surface area contributed by atoms with Gasteiger partial charge >= 0.3 is 0 Å². The van der Waals surface area contributed by atoms with Gasteiger partial charge in [0.15, 0.2) is 0 Å². The molecule has 2 amide bonds. The number of aryl methyl sites for hydroxylation is 1. The molecule has 1 heterocycles. The Morgan fingerprint density at radius 2 is 1.63 bits per heavy atom. The summed E-state index contributed by atoms with van der Waals surface area (Å²) in [7, 11) is -4.01. The fraction of sp³-hybridized carbons (Fsp3) is 0.364. The average Bonchev–Trinajstić information content (AvgIpc) is 2.96. The van der Waals surface area contributed by atoms with Gasteiger partial charge in [-0.2, -0.15) is 4.31 Å². The lowest BCUT2D eigenvalue weighted by molar-refractivity contribution is -0.122. The first kappa shape index (κ1) is 22.9. The molecule has 8 heteroatoms. The molecule has 160 valence electrons. The lowest BCUT2D eigenvalue weighted by Gasteiger charge is -2.39. The Morgan fingerprint density at radius 3 is 2.17 bits per heavy atom. The van der Waals surface area contributed by atoms with E-state index in [1.165, 1.54) is 4.31 Å². The van der Waals surface area contributed by atoms with Crippen LogP contribution in [0, 0.1) is 10.5 Å². The van der Waals surface area contributed by atoms with Crippen LogP contribution in [-0.2, 0) is 19.6 Å². The number of benzene rings is 2. The second-order valence-corrected chi connectivity index (χ2v) is 11.1. The van der Waals surface area contributed by atoms with Gasteiger partial charge in [0.25, 0.3) is 5.91 Å². The van der Waals surface area contributed by atoms with Crippen LogP contribution < -0.4 is 4.90 Å². The first-order chi connectivity index (χ1) is 14.0. The average molecular weight is 540 g/mol. The van der Waals surface area contributed by atoms with Crippen molar-refractivity contribution in [1.82, 2.24) is 4.31 Å². The lowest BCUT2D eigenvalue weighted by Crippen LogP contribution is -2.55. The highest BCUT2D eigenvalue weighted by Gasteiger charge is 2.51. The van der Waals surface area contributed by atoms with E-state index in [-0.39, 0.29) is 11.3 Å². The van der Waals surface area contributed by atoms with E-state index in [9.17, 15) is 18.0 Å². The predicted molar refractivity (Wildman–Crippen MR) is 125 cm³/mol. The zero-order valence-electron chi connectivity index (χ0n) is 17.4. The molecule has 6 nitrogen and oxygen atoms in total. The molecule has 2 aromatic carbocycles. The third-order valence-electron chi connectivity index (χ3n) is 5.53. The fourth-order valence-electron chi connectivity index (χ4n) is 3.55. The second-order valence-electron chi connectivity index (χ2n) is 8.04. The quantitative estimate of drug-likeness (QED) is 0.409. The van der Waals surface area contributed by atoms with Gasteiger partial charge in [-0.1, -0.05) is 24.6 Å². The van der Waals surface area contributed by atoms with Gasteiger partial charge in [-0.3, -0.25) is 9.59 Å². The van der Waals surface area contributed by atoms with Crippen molar-refractivity contribution in [2.24, 2.45) is 0 Å². The molecule has 1 aliphatic heterocycles. The van der Waals surface area contributed by atoms with E-state index in [2.05, 4.69) is 22.6 Å². The number of carbonyl (C=O) groups is 2. The first-order valence-corrected chi connectivity index (χ1v) is 12.2. The summed E-state index contributed by atoms with van der Waals surface area (Å²) >= 11 is 2.14. The van der Waals surface area contributed by atoms with E-state index in [1.54, 1.807) is 62.4 Å². The number of anilines is 1. The van der Waals surface area contributed by atoms with Gasteiger partial charge in [0.1, 0.15) is 6.04 Å². The van der Waals surface area contributed by atoms with Crippen LogP contribution in [0.1, 0.15) is 39.2 Å². The van der Waals surface area contributed by atoms with E-state index in [0.717, 1.165) is 14.0 Å². The van der Waals surface area contributed by atoms with Gasteiger partial charge in [-0.25, -0.2) is 13.3 Å². The maximum atomic E-state index is 13.6. The minimum Gasteiger partial charge on any atom is -0.274 e. The van der Waals surface area contributed by atoms with Gasteiger partial charge in [0.05, 0.1) is 17.0 Å². The Morgan fingerprint density at radius 1 is 1.07 bits per heavy atom. The van der Waals surface area contributed by atoms with Crippen molar-refractivity contribution >= 4 is 50.1 Å². The molecule has 0 N–H and O–H groups in total. The Kier molecular flexibility index (Phi) is 6.41. The molecular formula is C22H25IN2O4S. The standard InChI is InChI=1S/C22H25IN2O4S/c1-5-22(3,4)25(30(28,29)18-12-6-15(2)7-13-18)19-14-20(26)24(21(19)27)17-10-8-16(23)9-11-17/h6-13,19H,5,14H2,1-4H3. The zero-order valence-corrected chi connectivity index (χ0v) is 20.4. The molecule has 1 atom stereocenters. The molecule has 1 aliphatic rings. The number of amides is 2. The van der Waals surface area contributed by atoms with Crippen molar-refractivity contribution < 1.29 is 18.0 Å². The third-order valence-corrected chi connectivity index (χ3v) is 8.38. The molecule has 1 unspecified atom stereocenters. The summed E-state index contributed by atoms with van der Waals surface area (Å²) < 4.78 is 29.4. The van der Waals surface area contributed by atoms with Gasteiger partial charge in [-0.15, -0.1) is 0 Å². The van der Waals surface area contributed by atoms with Crippen molar-refractivity contribution in [3.05, 3.63) is 57.7 Å². The molecule has 0 aliphatic carbocycles. The van der Waals surface area contributed by atoms with E-state index in [0.29, 0.717) is 12.1 Å². The highest BCUT2D eigenvalue weighted by Crippen LogP contribution is 2.35. The van der Waals surface area contributed by atoms with E-state index in [1.807, 2.05) is 13.8 Å². The zero-order chi connectivity index (χ0) is 22.3. The number of rotatable bonds is 6. The Bertz CT molecular complexity index is 1060. The molecule has 0 saturated carbocycles. The second kappa shape index (κ2) is 8.39. The van der Waals surface area contributed by atoms with Crippen LogP contribution in [-0.4, -0.2) is 36.1 Å². The Balaban J connectivity index is 2.07. The van der Waals surface area contributed by atoms with Crippen LogP contribution in [0.15, 0.2) is 53.4 Å². The van der Waals surface area contributed by atoms with Crippen molar-refractivity contribution in [1.29, 1.82) is 0 Å². The number of sulfonamides is 1. The molecule has 3 rings (SSSR count). The van der Waals surface area contributed by atoms with Gasteiger partial charge < -0.3 is 0 Å². The van der Waals surface area contributed by atoms with Crippen molar-refractivity contribution in [3.8, 4) is 0 Å². The summed E-state index contributed by atoms with van der Waals surface area (Å²) in [6.45, 7) is 7.31. The monoisotopic (exact) mass is 540 g/mol. The molecule has 30 heavy (non-hydrogen) atoms. The van der Waals surface area contributed by atoms with Crippen LogP contribution in [0.5, 0.6) is 0 Å². The minimum absolute atomic E-state index is 0.114. The van der Waals surface area contributed by atoms with Crippen LogP contribution >= 0.6 is 22.6 Å². The molecule has 2 aromatic rings. The summed E-state index contributed by atoms with van der Waals surface area (Å²) in [5.41, 5.74) is 0.536. The number of halogens is 1. The van der Waals surface area contributed by atoms with E-state index < -0.39 is 33.4 Å². The SMILES string of the molecule is CCC(C)(C)N(C1CC(=O)N(c2ccc(I)cc2)C1=O)S(=O)(=O)c1ccc(C)cc1. The van der Waals surface area contributed by atoms with Crippen LogP contribution in [0.25, 0.3) is 0 Å². The smallest absolute Gasteiger partial charge is 0.252 e. The van der Waals surface area contributed by atoms with Crippen molar-refractivity contribution in [2.45, 2.75) is 57.0 Å². The Labute approximate surface area is 191 Å². The summed E-state index contributed by atoms with van der Waals surface area (Å²) in [6.07, 6.45) is 0.304. The van der Waals surface area contributed by atoms with Gasteiger partial charge in [0, 0.05) is 9.11 Å². The molecule has 1 saturated heterocycles. The topological polar surface area (TPSA) is 74.8 Å². The van der Waals surface area contributed by atoms with Crippen LogP contribution in [0.3, 0.4) is 0 Å². The number of nitrogens with zero attached hydrogens (tertiary/aromatic N) is 2. The van der Waals surface area contributed by atoms with Crippen molar-refractivity contribution in [2.75, 3.05) is 4.90 Å². The van der Waals surface area contributed by atoms with Gasteiger partial charge in [0.2, 0.25) is 15.9 Å². The normalized spacial score (nSPS) is 17.8. The maximum absolute atomic E-state index is 13.6. The van der Waals surface area contributed by atoms with Crippen molar-refractivity contribution in [3.63, 3.8) is 0 Å². The molecule has 0 bridgehead atoms. The third kappa shape index (κ3) is 4.17. The summed E-state index contributed by atoms with van der Waals surface area (Å²) in [5.74, 6) is -0.916. The molecule has 0 spiro atoms. The Hall–Kier alpha value is -1.78. The number of hydrogen-bond acceptors (Lipinski definition) is 4. The highest BCUT2D eigenvalue weighted by molar-refractivity contribution is 14.1. The van der Waals surface area contributed by atoms with E-state index in [4.69, 9.17) is 0 Å². The number of imide groups is 1. The minimum atomic E-state index is -4.01. The lowest BCUT2D eigenvalue weighted by atomic mass is 10.00. The predicted octanol–water partition coefficient (Wildman–Crippen LogP) is 4.11. The molecule has 1 fully saturated rings. The molecule has 0 radical (unpaired) electrons. The van der Waals surface area contributed by atoms with E-state index >= 15 is 0 Å². The number of hydrogen-bond donors (Lipinski definition) is 0. The molecule has 0 aromatic heterocycles. The van der Waals surface area contributed by atoms with Crippen LogP contribution in [0.4, 0.5) is 5.69 Å². The highest BCUT2D eigenvalue weighted by atomic mass is 127. The summed E-state index contributed by atoms with van der Waals surface area (Å²) in [5, 5.41) is 0. The number of carbonyl (C=O) groups excluding carboxylic acids is 2.